The number of nitrogens with zero attached hydrogens (tertiary/aromatic N) is 2. The van der Waals surface area contributed by atoms with Gasteiger partial charge in [-0.25, -0.2) is 5.43 Å². The zero-order valence-corrected chi connectivity index (χ0v) is 15.9. The second-order valence-corrected chi connectivity index (χ2v) is 6.66. The minimum atomic E-state index is -0.524. The van der Waals surface area contributed by atoms with E-state index < -0.39 is 4.92 Å². The summed E-state index contributed by atoms with van der Waals surface area (Å²) in [5.74, 6) is 0.446. The lowest BCUT2D eigenvalue weighted by Gasteiger charge is -2.01. The van der Waals surface area contributed by atoms with E-state index in [9.17, 15) is 14.9 Å². The van der Waals surface area contributed by atoms with E-state index in [1.807, 2.05) is 6.07 Å². The molecule has 1 heterocycles. The number of hydrogen-bond donors (Lipinski definition) is 1. The van der Waals surface area contributed by atoms with E-state index in [-0.39, 0.29) is 16.6 Å². The Morgan fingerprint density at radius 1 is 1.22 bits per heavy atom. The van der Waals surface area contributed by atoms with E-state index in [4.69, 9.17) is 16.0 Å². The quantitative estimate of drug-likeness (QED) is 0.336. The number of non-ortho nitro benzene ring substituents is 1. The van der Waals surface area contributed by atoms with E-state index in [2.05, 4.69) is 26.5 Å². The maximum absolute atomic E-state index is 12.0. The van der Waals surface area contributed by atoms with Crippen molar-refractivity contribution >= 4 is 45.3 Å². The van der Waals surface area contributed by atoms with Crippen molar-refractivity contribution in [2.75, 3.05) is 0 Å². The zero-order valence-electron chi connectivity index (χ0n) is 13.6. The SMILES string of the molecule is O=C(NN=Cc1ccc(-c2ccc([N+](=O)[O-])cc2Cl)o1)c1cccc(Br)c1. The molecule has 0 radical (unpaired) electrons. The summed E-state index contributed by atoms with van der Waals surface area (Å²) in [6.45, 7) is 0. The maximum Gasteiger partial charge on any atom is 0.271 e. The number of benzene rings is 2. The molecule has 0 saturated carbocycles. The van der Waals surface area contributed by atoms with Gasteiger partial charge in [0.2, 0.25) is 0 Å². The van der Waals surface area contributed by atoms with E-state index in [1.165, 1.54) is 24.4 Å². The molecule has 0 aliphatic rings. The number of hydrazone groups is 1. The van der Waals surface area contributed by atoms with Crippen LogP contribution in [0.5, 0.6) is 0 Å². The van der Waals surface area contributed by atoms with Gasteiger partial charge in [-0.15, -0.1) is 0 Å². The summed E-state index contributed by atoms with van der Waals surface area (Å²) in [7, 11) is 0. The summed E-state index contributed by atoms with van der Waals surface area (Å²) >= 11 is 9.38. The van der Waals surface area contributed by atoms with Crippen molar-refractivity contribution in [1.82, 2.24) is 5.43 Å². The summed E-state index contributed by atoms with van der Waals surface area (Å²) in [6.07, 6.45) is 1.35. The Morgan fingerprint density at radius 3 is 2.74 bits per heavy atom. The topological polar surface area (TPSA) is 97.7 Å². The van der Waals surface area contributed by atoms with Crippen LogP contribution in [0, 0.1) is 10.1 Å². The molecule has 0 unspecified atom stereocenters. The van der Waals surface area contributed by atoms with E-state index in [0.29, 0.717) is 22.6 Å². The Kier molecular flexibility index (Phi) is 5.68. The molecule has 1 aromatic heterocycles. The number of furan rings is 1. The molecule has 0 aliphatic carbocycles. The third kappa shape index (κ3) is 4.60. The predicted octanol–water partition coefficient (Wildman–Crippen LogP) is 5.03. The van der Waals surface area contributed by atoms with Crippen molar-refractivity contribution in [3.8, 4) is 11.3 Å². The maximum atomic E-state index is 12.0. The Morgan fingerprint density at radius 2 is 2.04 bits per heavy atom. The number of nitrogens with one attached hydrogen (secondary N) is 1. The first-order chi connectivity index (χ1) is 12.9. The molecule has 1 N–H and O–H groups in total. The number of hydrogen-bond acceptors (Lipinski definition) is 5. The number of nitro benzene ring substituents is 1. The van der Waals surface area contributed by atoms with Gasteiger partial charge in [-0.2, -0.15) is 5.10 Å². The van der Waals surface area contributed by atoms with Crippen molar-refractivity contribution in [3.05, 3.63) is 85.5 Å². The summed E-state index contributed by atoms with van der Waals surface area (Å²) in [5, 5.41) is 14.8. The van der Waals surface area contributed by atoms with Crippen LogP contribution in [-0.4, -0.2) is 17.0 Å². The lowest BCUT2D eigenvalue weighted by Crippen LogP contribution is -2.17. The van der Waals surface area contributed by atoms with Gasteiger partial charge in [-0.05, 0) is 36.4 Å². The summed E-state index contributed by atoms with van der Waals surface area (Å²) < 4.78 is 6.38. The smallest absolute Gasteiger partial charge is 0.271 e. The lowest BCUT2D eigenvalue weighted by atomic mass is 10.1. The van der Waals surface area contributed by atoms with E-state index in [1.54, 1.807) is 30.3 Å². The Hall–Kier alpha value is -2.97. The molecular weight excluding hydrogens is 438 g/mol. The first-order valence-corrected chi connectivity index (χ1v) is 8.74. The molecule has 0 atom stereocenters. The molecule has 1 amide bonds. The summed E-state index contributed by atoms with van der Waals surface area (Å²) in [6, 6.07) is 14.3. The highest BCUT2D eigenvalue weighted by Crippen LogP contribution is 2.32. The van der Waals surface area contributed by atoms with E-state index in [0.717, 1.165) is 4.47 Å². The zero-order chi connectivity index (χ0) is 19.4. The highest BCUT2D eigenvalue weighted by Gasteiger charge is 2.13. The lowest BCUT2D eigenvalue weighted by molar-refractivity contribution is -0.384. The Labute approximate surface area is 166 Å². The number of amides is 1. The van der Waals surface area contributed by atoms with Gasteiger partial charge in [0.1, 0.15) is 11.5 Å². The highest BCUT2D eigenvalue weighted by atomic mass is 79.9. The van der Waals surface area contributed by atoms with Crippen LogP contribution >= 0.6 is 27.5 Å². The third-order valence-corrected chi connectivity index (χ3v) is 4.31. The van der Waals surface area contributed by atoms with Gasteiger partial charge in [-0.1, -0.05) is 33.6 Å². The molecule has 0 saturated heterocycles. The molecule has 9 heteroatoms. The van der Waals surface area contributed by atoms with Crippen LogP contribution in [0.15, 0.2) is 68.6 Å². The van der Waals surface area contributed by atoms with Crippen LogP contribution in [0.1, 0.15) is 16.1 Å². The molecule has 2 aromatic carbocycles. The van der Waals surface area contributed by atoms with Gasteiger partial charge >= 0.3 is 0 Å². The van der Waals surface area contributed by atoms with Crippen molar-refractivity contribution in [2.45, 2.75) is 0 Å². The van der Waals surface area contributed by atoms with Crippen molar-refractivity contribution in [2.24, 2.45) is 5.10 Å². The molecule has 3 aromatic rings. The highest BCUT2D eigenvalue weighted by molar-refractivity contribution is 9.10. The van der Waals surface area contributed by atoms with Crippen molar-refractivity contribution in [3.63, 3.8) is 0 Å². The van der Waals surface area contributed by atoms with Crippen LogP contribution in [0.4, 0.5) is 5.69 Å². The first kappa shape index (κ1) is 18.8. The fourth-order valence-corrected chi connectivity index (χ4v) is 2.90. The largest absolute Gasteiger partial charge is 0.455 e. The van der Waals surface area contributed by atoms with Crippen LogP contribution in [0.25, 0.3) is 11.3 Å². The van der Waals surface area contributed by atoms with Crippen molar-refractivity contribution in [1.29, 1.82) is 0 Å². The monoisotopic (exact) mass is 447 g/mol. The van der Waals surface area contributed by atoms with Crippen molar-refractivity contribution < 1.29 is 14.1 Å². The minimum absolute atomic E-state index is 0.104. The first-order valence-electron chi connectivity index (χ1n) is 7.57. The third-order valence-electron chi connectivity index (χ3n) is 3.50. The van der Waals surface area contributed by atoms with Gasteiger partial charge in [0, 0.05) is 27.7 Å². The van der Waals surface area contributed by atoms with Gasteiger partial charge in [0.05, 0.1) is 16.2 Å². The molecule has 27 heavy (non-hydrogen) atoms. The molecular formula is C18H11BrClN3O4. The molecule has 7 nitrogen and oxygen atoms in total. The number of nitro groups is 1. The minimum Gasteiger partial charge on any atom is -0.455 e. The van der Waals surface area contributed by atoms with Crippen LogP contribution in [0.2, 0.25) is 5.02 Å². The second-order valence-electron chi connectivity index (χ2n) is 5.33. The number of halogens is 2. The molecule has 136 valence electrons. The summed E-state index contributed by atoms with van der Waals surface area (Å²) in [4.78, 5) is 22.2. The fourth-order valence-electron chi connectivity index (χ4n) is 2.23. The molecule has 0 aliphatic heterocycles. The van der Waals surface area contributed by atoms with Crippen LogP contribution < -0.4 is 5.43 Å². The van der Waals surface area contributed by atoms with E-state index >= 15 is 0 Å². The number of carbonyl (C=O) groups excluding carboxylic acids is 1. The Bertz CT molecular complexity index is 1050. The van der Waals surface area contributed by atoms with Gasteiger partial charge < -0.3 is 4.42 Å². The standard InChI is InChI=1S/C18H11BrClN3O4/c19-12-3-1-2-11(8-12)18(24)22-21-10-14-5-7-17(27-14)15-6-4-13(23(25)26)9-16(15)20/h1-10H,(H,22,24). The number of carbonyl (C=O) groups is 1. The number of rotatable bonds is 5. The van der Waals surface area contributed by atoms with Gasteiger partial charge in [-0.3, -0.25) is 14.9 Å². The second kappa shape index (κ2) is 8.15. The van der Waals surface area contributed by atoms with Crippen LogP contribution in [0.3, 0.4) is 0 Å². The predicted molar refractivity (Wildman–Crippen MR) is 105 cm³/mol. The summed E-state index contributed by atoms with van der Waals surface area (Å²) in [5.41, 5.74) is 3.27. The van der Waals surface area contributed by atoms with Gasteiger partial charge in [0.25, 0.3) is 11.6 Å². The normalized spacial score (nSPS) is 10.9. The fraction of sp³-hybridized carbons (Fsp3) is 0. The average molecular weight is 449 g/mol. The molecule has 0 bridgehead atoms. The Balaban J connectivity index is 1.70. The van der Waals surface area contributed by atoms with Gasteiger partial charge in [0.15, 0.2) is 0 Å². The molecule has 0 spiro atoms. The molecule has 0 fully saturated rings. The van der Waals surface area contributed by atoms with Crippen LogP contribution in [-0.2, 0) is 0 Å². The average Bonchev–Trinajstić information content (AvgIpc) is 3.10. The molecule has 3 rings (SSSR count).